The number of aromatic nitrogens is 1. The Morgan fingerprint density at radius 2 is 1.89 bits per heavy atom. The quantitative estimate of drug-likeness (QED) is 0.636. The Bertz CT molecular complexity index is 989. The summed E-state index contributed by atoms with van der Waals surface area (Å²) in [5.74, 6) is 0. The van der Waals surface area contributed by atoms with E-state index < -0.39 is 0 Å². The van der Waals surface area contributed by atoms with Crippen LogP contribution in [0.15, 0.2) is 60.8 Å². The molecule has 1 N–H and O–H groups in total. The lowest BCUT2D eigenvalue weighted by Gasteiger charge is -2.30. The smallest absolute Gasteiger partial charge is 0.318 e. The molecule has 4 nitrogen and oxygen atoms in total. The van der Waals surface area contributed by atoms with Gasteiger partial charge in [0, 0.05) is 17.6 Å². The van der Waals surface area contributed by atoms with Gasteiger partial charge in [0.25, 0.3) is 0 Å². The highest BCUT2D eigenvalue weighted by molar-refractivity contribution is 5.90. The van der Waals surface area contributed by atoms with Crippen molar-refractivity contribution in [2.24, 2.45) is 0 Å². The van der Waals surface area contributed by atoms with E-state index in [-0.39, 0.29) is 12.1 Å². The second-order valence-electron chi connectivity index (χ2n) is 7.16. The minimum absolute atomic E-state index is 0.0255. The zero-order chi connectivity index (χ0) is 19.0. The van der Waals surface area contributed by atoms with Crippen molar-refractivity contribution in [1.29, 1.82) is 0 Å². The maximum Gasteiger partial charge on any atom is 0.322 e. The van der Waals surface area contributed by atoms with Gasteiger partial charge in [-0.3, -0.25) is 0 Å². The Hall–Kier alpha value is -3.01. The fourth-order valence-electron chi connectivity index (χ4n) is 3.93. The third-order valence-corrected chi connectivity index (χ3v) is 5.58. The van der Waals surface area contributed by atoms with E-state index in [1.54, 1.807) is 0 Å². The van der Waals surface area contributed by atoms with Gasteiger partial charge in [0.05, 0.1) is 18.3 Å². The molecule has 1 aliphatic rings. The molecule has 1 aromatic heterocycles. The molecule has 0 spiro atoms. The van der Waals surface area contributed by atoms with Crippen molar-refractivity contribution in [2.45, 2.75) is 39.8 Å². The van der Waals surface area contributed by atoms with E-state index in [2.05, 4.69) is 66.3 Å². The van der Waals surface area contributed by atoms with Gasteiger partial charge in [0.15, 0.2) is 0 Å². The number of para-hydroxylation sites is 1. The minimum atomic E-state index is -0.0556. The number of fused-ring (bicyclic) bond motifs is 3. The van der Waals surface area contributed by atoms with Crippen molar-refractivity contribution in [3.8, 4) is 5.69 Å². The first-order valence-electron chi connectivity index (χ1n) is 9.49. The van der Waals surface area contributed by atoms with Crippen LogP contribution in [0.2, 0.25) is 0 Å². The van der Waals surface area contributed by atoms with Gasteiger partial charge in [0.1, 0.15) is 0 Å². The highest BCUT2D eigenvalue weighted by Gasteiger charge is 2.30. The third-order valence-electron chi connectivity index (χ3n) is 5.58. The summed E-state index contributed by atoms with van der Waals surface area (Å²) in [6.45, 7) is 6.84. The van der Waals surface area contributed by atoms with Crippen LogP contribution < -0.4 is 5.32 Å². The van der Waals surface area contributed by atoms with Gasteiger partial charge >= 0.3 is 6.03 Å². The molecule has 0 fully saturated rings. The molecule has 1 atom stereocenters. The Labute approximate surface area is 160 Å². The highest BCUT2D eigenvalue weighted by atomic mass is 16.2. The van der Waals surface area contributed by atoms with E-state index >= 15 is 0 Å². The minimum Gasteiger partial charge on any atom is -0.318 e. The maximum atomic E-state index is 13.3. The van der Waals surface area contributed by atoms with Crippen molar-refractivity contribution >= 4 is 11.7 Å². The van der Waals surface area contributed by atoms with Crippen LogP contribution in [-0.2, 0) is 6.54 Å². The molecule has 4 heteroatoms. The van der Waals surface area contributed by atoms with E-state index in [0.717, 1.165) is 34.6 Å². The fraction of sp³-hybridized carbons (Fsp3) is 0.261. The van der Waals surface area contributed by atoms with Crippen molar-refractivity contribution in [3.63, 3.8) is 0 Å². The Balaban J connectivity index is 1.74. The summed E-state index contributed by atoms with van der Waals surface area (Å²) in [5, 5.41) is 3.14. The van der Waals surface area contributed by atoms with Crippen molar-refractivity contribution in [3.05, 3.63) is 83.2 Å². The van der Waals surface area contributed by atoms with Crippen LogP contribution in [-0.4, -0.2) is 15.5 Å². The molecule has 2 amide bonds. The molecule has 0 saturated carbocycles. The summed E-state index contributed by atoms with van der Waals surface area (Å²) in [6.07, 6.45) is 2.95. The number of carbonyl (C=O) groups excluding carboxylic acids is 1. The summed E-state index contributed by atoms with van der Waals surface area (Å²) >= 11 is 0. The predicted molar refractivity (Wildman–Crippen MR) is 109 cm³/mol. The van der Waals surface area contributed by atoms with E-state index in [9.17, 15) is 4.79 Å². The van der Waals surface area contributed by atoms with Crippen LogP contribution in [0.3, 0.4) is 0 Å². The molecular formula is C23H25N3O. The zero-order valence-electron chi connectivity index (χ0n) is 16.1. The third kappa shape index (κ3) is 3.01. The molecule has 0 bridgehead atoms. The second-order valence-corrected chi connectivity index (χ2v) is 7.16. The van der Waals surface area contributed by atoms with Crippen molar-refractivity contribution in [1.82, 2.24) is 9.47 Å². The summed E-state index contributed by atoms with van der Waals surface area (Å²) < 4.78 is 2.22. The van der Waals surface area contributed by atoms with Crippen LogP contribution in [0.1, 0.15) is 41.8 Å². The molecule has 1 aliphatic heterocycles. The van der Waals surface area contributed by atoms with E-state index in [4.69, 9.17) is 0 Å². The zero-order valence-corrected chi connectivity index (χ0v) is 16.1. The molecule has 0 saturated heterocycles. The van der Waals surface area contributed by atoms with E-state index in [1.807, 2.05) is 30.0 Å². The normalized spacial score (nSPS) is 15.7. The predicted octanol–water partition coefficient (Wildman–Crippen LogP) is 5.59. The van der Waals surface area contributed by atoms with Gasteiger partial charge in [-0.25, -0.2) is 4.79 Å². The first-order chi connectivity index (χ1) is 13.1. The number of benzene rings is 2. The lowest BCUT2D eigenvalue weighted by atomic mass is 10.1. The second kappa shape index (κ2) is 6.95. The molecule has 0 radical (unpaired) electrons. The number of urea groups is 1. The summed E-state index contributed by atoms with van der Waals surface area (Å²) in [5.41, 5.74) is 6.62. The number of carbonyl (C=O) groups is 1. The molecule has 4 rings (SSSR count). The van der Waals surface area contributed by atoms with Gasteiger partial charge in [-0.05, 0) is 61.2 Å². The molecule has 0 unspecified atom stereocenters. The largest absolute Gasteiger partial charge is 0.322 e. The van der Waals surface area contributed by atoms with Crippen LogP contribution in [0.25, 0.3) is 5.69 Å². The van der Waals surface area contributed by atoms with Crippen LogP contribution in [0, 0.1) is 13.8 Å². The van der Waals surface area contributed by atoms with Gasteiger partial charge < -0.3 is 14.8 Å². The lowest BCUT2D eigenvalue weighted by molar-refractivity contribution is 0.181. The van der Waals surface area contributed by atoms with Crippen LogP contribution in [0.4, 0.5) is 10.5 Å². The number of nitrogens with one attached hydrogen (secondary N) is 1. The number of nitrogens with zero attached hydrogens (tertiary/aromatic N) is 2. The first-order valence-corrected chi connectivity index (χ1v) is 9.49. The van der Waals surface area contributed by atoms with E-state index in [1.165, 1.54) is 5.56 Å². The molecule has 27 heavy (non-hydrogen) atoms. The summed E-state index contributed by atoms with van der Waals surface area (Å²) in [7, 11) is 0. The number of aryl methyl sites for hydroxylation is 1. The van der Waals surface area contributed by atoms with E-state index in [0.29, 0.717) is 6.54 Å². The number of anilines is 1. The topological polar surface area (TPSA) is 37.3 Å². The number of rotatable bonds is 2. The molecule has 0 aliphatic carbocycles. The Morgan fingerprint density at radius 3 is 2.70 bits per heavy atom. The van der Waals surface area contributed by atoms with Gasteiger partial charge in [-0.1, -0.05) is 37.3 Å². The average molecular weight is 359 g/mol. The molecule has 2 heterocycles. The monoisotopic (exact) mass is 359 g/mol. The van der Waals surface area contributed by atoms with Gasteiger partial charge in [-0.15, -0.1) is 0 Å². The summed E-state index contributed by atoms with van der Waals surface area (Å²) in [4.78, 5) is 15.3. The lowest BCUT2D eigenvalue weighted by Crippen LogP contribution is -2.37. The molecule has 2 aromatic carbocycles. The van der Waals surface area contributed by atoms with Gasteiger partial charge in [-0.2, -0.15) is 0 Å². The molecule has 3 aromatic rings. The average Bonchev–Trinajstić information content (AvgIpc) is 3.10. The highest BCUT2D eigenvalue weighted by Crippen LogP contribution is 2.34. The molecule has 138 valence electrons. The van der Waals surface area contributed by atoms with Crippen molar-refractivity contribution in [2.75, 3.05) is 5.32 Å². The van der Waals surface area contributed by atoms with Crippen LogP contribution >= 0.6 is 0 Å². The fourth-order valence-corrected chi connectivity index (χ4v) is 3.93. The number of hydrogen-bond donors (Lipinski definition) is 1. The molecular weight excluding hydrogens is 334 g/mol. The maximum absolute atomic E-state index is 13.3. The summed E-state index contributed by atoms with van der Waals surface area (Å²) in [6, 6.07) is 18.5. The van der Waals surface area contributed by atoms with Gasteiger partial charge in [0.2, 0.25) is 0 Å². The number of amides is 2. The number of hydrogen-bond acceptors (Lipinski definition) is 1. The SMILES string of the molecule is CC[C@H]1c2cccn2-c2ccccc2CN1C(=O)Nc1cccc(C)c1C. The Morgan fingerprint density at radius 1 is 1.07 bits per heavy atom. The first kappa shape index (κ1) is 17.4. The Kier molecular flexibility index (Phi) is 4.48. The van der Waals surface area contributed by atoms with Crippen LogP contribution in [0.5, 0.6) is 0 Å². The standard InChI is InChI=1S/C23H25N3O/c1-4-20-22-13-8-14-25(22)21-12-6-5-10-18(21)15-26(20)23(27)24-19-11-7-9-16(2)17(19)3/h5-14,20H,4,15H2,1-3H3,(H,24,27)/t20-/m0/s1. The van der Waals surface area contributed by atoms with Crippen molar-refractivity contribution < 1.29 is 4.79 Å².